The van der Waals surface area contributed by atoms with Crippen LogP contribution in [-0.4, -0.2) is 68.4 Å². The molecule has 176 valence electrons. The van der Waals surface area contributed by atoms with Gasteiger partial charge >= 0.3 is 6.09 Å². The number of nitrogens with zero attached hydrogens (tertiary/aromatic N) is 2. The van der Waals surface area contributed by atoms with E-state index in [0.29, 0.717) is 18.7 Å². The van der Waals surface area contributed by atoms with Crippen molar-refractivity contribution in [2.75, 3.05) is 50.8 Å². The molecule has 1 spiro atoms. The van der Waals surface area contributed by atoms with Crippen molar-refractivity contribution >= 4 is 17.7 Å². The van der Waals surface area contributed by atoms with Gasteiger partial charge in [-0.15, -0.1) is 0 Å². The van der Waals surface area contributed by atoms with Gasteiger partial charge < -0.3 is 14.8 Å². The number of hydrogen-bond donors (Lipinski definition) is 1. The van der Waals surface area contributed by atoms with Crippen LogP contribution in [0.2, 0.25) is 0 Å². The molecule has 0 bridgehead atoms. The highest BCUT2D eigenvalue weighted by Crippen LogP contribution is 2.49. The Labute approximate surface area is 191 Å². The molecule has 0 aromatic heterocycles. The number of ether oxygens (including phenoxy) is 2. The lowest BCUT2D eigenvalue weighted by Gasteiger charge is -2.34. The normalized spacial score (nSPS) is 20.8. The quantitative estimate of drug-likeness (QED) is 0.768. The summed E-state index contributed by atoms with van der Waals surface area (Å²) in [6.07, 6.45) is 5.41. The highest BCUT2D eigenvalue weighted by molar-refractivity contribution is 5.98. The number of hydrogen-bond acceptors (Lipinski definition) is 5. The summed E-state index contributed by atoms with van der Waals surface area (Å²) in [6.45, 7) is 11.0. The Bertz CT molecular complexity index is 836. The maximum Gasteiger partial charge on any atom is 0.414 e. The van der Waals surface area contributed by atoms with Crippen LogP contribution in [0, 0.1) is 0 Å². The Morgan fingerprint density at radius 1 is 1.12 bits per heavy atom. The van der Waals surface area contributed by atoms with E-state index in [1.807, 2.05) is 32.9 Å². The first-order chi connectivity index (χ1) is 15.3. The number of anilines is 1. The average molecular weight is 444 g/mol. The van der Waals surface area contributed by atoms with Crippen LogP contribution in [0.1, 0.15) is 68.8 Å². The van der Waals surface area contributed by atoms with Crippen molar-refractivity contribution < 1.29 is 19.1 Å². The summed E-state index contributed by atoms with van der Waals surface area (Å²) in [5.74, 6) is -0.102. The molecular formula is C25H37N3O4. The largest absolute Gasteiger partial charge is 0.443 e. The summed E-state index contributed by atoms with van der Waals surface area (Å²) in [5.41, 5.74) is 2.03. The van der Waals surface area contributed by atoms with Crippen molar-refractivity contribution in [3.63, 3.8) is 0 Å². The van der Waals surface area contributed by atoms with E-state index in [1.165, 1.54) is 24.8 Å². The predicted molar refractivity (Wildman–Crippen MR) is 124 cm³/mol. The van der Waals surface area contributed by atoms with Gasteiger partial charge in [-0.2, -0.15) is 0 Å². The van der Waals surface area contributed by atoms with Crippen LogP contribution < -0.4 is 10.2 Å². The smallest absolute Gasteiger partial charge is 0.414 e. The second-order valence-electron chi connectivity index (χ2n) is 10.3. The molecule has 1 aromatic carbocycles. The van der Waals surface area contributed by atoms with E-state index < -0.39 is 5.60 Å². The fourth-order valence-corrected chi connectivity index (χ4v) is 5.21. The monoisotopic (exact) mass is 443 g/mol. The fraction of sp³-hybridized carbons (Fsp3) is 0.680. The number of amides is 2. The molecule has 0 radical (unpaired) electrons. The molecule has 2 aliphatic heterocycles. The predicted octanol–water partition coefficient (Wildman–Crippen LogP) is 3.71. The number of rotatable bonds is 4. The Hall–Kier alpha value is -2.12. The average Bonchev–Trinajstić information content (AvgIpc) is 3.07. The van der Waals surface area contributed by atoms with Crippen LogP contribution in [0.25, 0.3) is 0 Å². The topological polar surface area (TPSA) is 71.1 Å². The first kappa shape index (κ1) is 23.1. The van der Waals surface area contributed by atoms with E-state index >= 15 is 0 Å². The molecular weight excluding hydrogens is 406 g/mol. The SMILES string of the molecule is CC(C)(C)OC(=O)N1CC2(CCCCC2)c2ccc(C(=O)NCCN3CCOCC3)cc21. The summed E-state index contributed by atoms with van der Waals surface area (Å²) in [6, 6.07) is 5.87. The number of carbonyl (C=O) groups excluding carboxylic acids is 2. The summed E-state index contributed by atoms with van der Waals surface area (Å²) >= 11 is 0. The van der Waals surface area contributed by atoms with E-state index in [-0.39, 0.29) is 17.4 Å². The zero-order valence-electron chi connectivity index (χ0n) is 19.7. The van der Waals surface area contributed by atoms with Crippen molar-refractivity contribution in [3.8, 4) is 0 Å². The number of benzene rings is 1. The molecule has 1 aliphatic carbocycles. The van der Waals surface area contributed by atoms with Gasteiger partial charge in [-0.3, -0.25) is 14.6 Å². The summed E-state index contributed by atoms with van der Waals surface area (Å²) in [5, 5.41) is 3.03. The maximum absolute atomic E-state index is 13.1. The number of carbonyl (C=O) groups is 2. The van der Waals surface area contributed by atoms with Crippen molar-refractivity contribution in [3.05, 3.63) is 29.3 Å². The number of fused-ring (bicyclic) bond motifs is 2. The van der Waals surface area contributed by atoms with Gasteiger partial charge in [-0.05, 0) is 51.3 Å². The first-order valence-corrected chi connectivity index (χ1v) is 12.0. The molecule has 1 N–H and O–H groups in total. The lowest BCUT2D eigenvalue weighted by Crippen LogP contribution is -2.41. The molecule has 2 amide bonds. The zero-order valence-corrected chi connectivity index (χ0v) is 19.7. The van der Waals surface area contributed by atoms with Gasteiger partial charge in [0.2, 0.25) is 0 Å². The van der Waals surface area contributed by atoms with Crippen molar-refractivity contribution in [1.82, 2.24) is 10.2 Å². The minimum absolute atomic E-state index is 0.0180. The van der Waals surface area contributed by atoms with Crippen LogP contribution in [0.4, 0.5) is 10.5 Å². The minimum Gasteiger partial charge on any atom is -0.443 e. The van der Waals surface area contributed by atoms with Gasteiger partial charge in [0, 0.05) is 43.7 Å². The van der Waals surface area contributed by atoms with Crippen LogP contribution in [0.5, 0.6) is 0 Å². The number of nitrogens with one attached hydrogen (secondary N) is 1. The third-order valence-electron chi connectivity index (χ3n) is 6.82. The van der Waals surface area contributed by atoms with Gasteiger partial charge in [0.25, 0.3) is 5.91 Å². The fourth-order valence-electron chi connectivity index (χ4n) is 5.21. The molecule has 7 nitrogen and oxygen atoms in total. The molecule has 2 fully saturated rings. The Morgan fingerprint density at radius 3 is 2.53 bits per heavy atom. The molecule has 0 atom stereocenters. The van der Waals surface area contributed by atoms with E-state index in [0.717, 1.165) is 51.4 Å². The highest BCUT2D eigenvalue weighted by Gasteiger charge is 2.46. The molecule has 0 unspecified atom stereocenters. The third kappa shape index (κ3) is 5.09. The van der Waals surface area contributed by atoms with Crippen LogP contribution in [0.15, 0.2) is 18.2 Å². The summed E-state index contributed by atoms with van der Waals surface area (Å²) in [4.78, 5) is 30.0. The second kappa shape index (κ2) is 9.40. The molecule has 32 heavy (non-hydrogen) atoms. The summed E-state index contributed by atoms with van der Waals surface area (Å²) in [7, 11) is 0. The molecule has 4 rings (SSSR count). The first-order valence-electron chi connectivity index (χ1n) is 12.0. The van der Waals surface area contributed by atoms with Gasteiger partial charge in [-0.25, -0.2) is 4.79 Å². The van der Waals surface area contributed by atoms with Crippen LogP contribution in [0.3, 0.4) is 0 Å². The zero-order chi connectivity index (χ0) is 22.8. The number of morpholine rings is 1. The standard InChI is InChI=1S/C25H37N3O4/c1-24(2,3)32-23(30)28-18-25(9-5-4-6-10-25)20-8-7-19(17-21(20)28)22(29)26-11-12-27-13-15-31-16-14-27/h7-8,17H,4-6,9-16,18H2,1-3H3,(H,26,29). The van der Waals surface area contributed by atoms with E-state index in [9.17, 15) is 9.59 Å². The lowest BCUT2D eigenvalue weighted by atomic mass is 9.70. The van der Waals surface area contributed by atoms with E-state index in [4.69, 9.17) is 9.47 Å². The molecule has 7 heteroatoms. The van der Waals surface area contributed by atoms with Gasteiger partial charge in [-0.1, -0.05) is 25.3 Å². The Morgan fingerprint density at radius 2 is 1.84 bits per heavy atom. The Balaban J connectivity index is 1.51. The molecule has 1 saturated heterocycles. The second-order valence-corrected chi connectivity index (χ2v) is 10.3. The summed E-state index contributed by atoms with van der Waals surface area (Å²) < 4.78 is 11.1. The van der Waals surface area contributed by atoms with E-state index in [1.54, 1.807) is 4.90 Å². The lowest BCUT2D eigenvalue weighted by molar-refractivity contribution is 0.0383. The highest BCUT2D eigenvalue weighted by atomic mass is 16.6. The van der Waals surface area contributed by atoms with Gasteiger partial charge in [0.1, 0.15) is 5.60 Å². The van der Waals surface area contributed by atoms with Crippen molar-refractivity contribution in [2.24, 2.45) is 0 Å². The van der Waals surface area contributed by atoms with Crippen LogP contribution >= 0.6 is 0 Å². The van der Waals surface area contributed by atoms with Gasteiger partial charge in [0.05, 0.1) is 18.9 Å². The molecule has 2 heterocycles. The van der Waals surface area contributed by atoms with Crippen molar-refractivity contribution in [1.29, 1.82) is 0 Å². The molecule has 1 saturated carbocycles. The van der Waals surface area contributed by atoms with E-state index in [2.05, 4.69) is 16.3 Å². The van der Waals surface area contributed by atoms with Crippen LogP contribution in [-0.2, 0) is 14.9 Å². The molecule has 3 aliphatic rings. The maximum atomic E-state index is 13.1. The Kier molecular flexibility index (Phi) is 6.77. The minimum atomic E-state index is -0.561. The van der Waals surface area contributed by atoms with Crippen molar-refractivity contribution in [2.45, 2.75) is 63.9 Å². The molecule has 1 aromatic rings. The third-order valence-corrected chi connectivity index (χ3v) is 6.82. The van der Waals surface area contributed by atoms with Gasteiger partial charge in [0.15, 0.2) is 0 Å².